The summed E-state index contributed by atoms with van der Waals surface area (Å²) < 4.78 is 0.703. The Kier molecular flexibility index (Phi) is 7.58. The Balaban J connectivity index is 1.65. The normalized spacial score (nSPS) is 10.6. The third-order valence-electron chi connectivity index (χ3n) is 4.09. The van der Waals surface area contributed by atoms with Crippen molar-refractivity contribution in [3.05, 3.63) is 87.4 Å². The zero-order valence-corrected chi connectivity index (χ0v) is 18.6. The molecule has 0 bridgehead atoms. The molecule has 162 valence electrons. The van der Waals surface area contributed by atoms with Gasteiger partial charge in [0.15, 0.2) is 0 Å². The summed E-state index contributed by atoms with van der Waals surface area (Å²) in [6.45, 7) is 0. The number of carbonyl (C=O) groups is 3. The number of phenolic OH excluding ortho intramolecular Hbond substituents is 1. The zero-order chi connectivity index (χ0) is 23.1. The van der Waals surface area contributed by atoms with E-state index in [0.29, 0.717) is 20.7 Å². The molecule has 0 heterocycles. The number of aromatic hydroxyl groups is 1. The lowest BCUT2D eigenvalue weighted by molar-refractivity contribution is -0.136. The molecule has 0 saturated heterocycles. The van der Waals surface area contributed by atoms with Crippen LogP contribution >= 0.6 is 27.5 Å². The number of rotatable bonds is 5. The Bertz CT molecular complexity index is 1200. The van der Waals surface area contributed by atoms with E-state index < -0.39 is 17.7 Å². The van der Waals surface area contributed by atoms with Gasteiger partial charge in [0.2, 0.25) is 0 Å². The predicted molar refractivity (Wildman–Crippen MR) is 126 cm³/mol. The number of nitrogens with one attached hydrogen (secondary N) is 3. The molecule has 3 aromatic carbocycles. The molecule has 0 aromatic heterocycles. The molecule has 10 heteroatoms. The van der Waals surface area contributed by atoms with Gasteiger partial charge in [0, 0.05) is 20.7 Å². The van der Waals surface area contributed by atoms with E-state index in [9.17, 15) is 19.5 Å². The van der Waals surface area contributed by atoms with Crippen LogP contribution in [0.1, 0.15) is 15.9 Å². The van der Waals surface area contributed by atoms with Crippen LogP contribution in [0, 0.1) is 0 Å². The zero-order valence-electron chi connectivity index (χ0n) is 16.3. The van der Waals surface area contributed by atoms with Crippen molar-refractivity contribution < 1.29 is 19.5 Å². The van der Waals surface area contributed by atoms with E-state index in [1.54, 1.807) is 48.5 Å². The van der Waals surface area contributed by atoms with Crippen LogP contribution in [-0.4, -0.2) is 29.0 Å². The van der Waals surface area contributed by atoms with Crippen molar-refractivity contribution in [2.24, 2.45) is 5.10 Å². The fraction of sp³-hybridized carbons (Fsp3) is 0. The molecule has 0 atom stereocenters. The molecule has 0 fully saturated rings. The molecule has 0 spiro atoms. The first-order chi connectivity index (χ1) is 15.3. The van der Waals surface area contributed by atoms with E-state index in [1.165, 1.54) is 24.4 Å². The molecule has 32 heavy (non-hydrogen) atoms. The number of hydrazone groups is 1. The van der Waals surface area contributed by atoms with E-state index in [-0.39, 0.29) is 17.0 Å². The minimum absolute atomic E-state index is 0.0451. The number of carbonyl (C=O) groups excluding carboxylic acids is 3. The number of para-hydroxylation sites is 1. The quantitative estimate of drug-likeness (QED) is 0.232. The smallest absolute Gasteiger partial charge is 0.329 e. The highest BCUT2D eigenvalue weighted by molar-refractivity contribution is 9.10. The summed E-state index contributed by atoms with van der Waals surface area (Å²) in [5, 5.41) is 19.0. The first-order valence-corrected chi connectivity index (χ1v) is 10.3. The van der Waals surface area contributed by atoms with Gasteiger partial charge in [0.05, 0.1) is 17.5 Å². The fourth-order valence-electron chi connectivity index (χ4n) is 2.54. The maximum Gasteiger partial charge on any atom is 0.329 e. The second-order valence-corrected chi connectivity index (χ2v) is 7.72. The molecule has 0 unspecified atom stereocenters. The van der Waals surface area contributed by atoms with Crippen molar-refractivity contribution in [2.75, 3.05) is 10.6 Å². The molecule has 0 saturated carbocycles. The summed E-state index contributed by atoms with van der Waals surface area (Å²) in [5.41, 5.74) is 3.23. The number of halogens is 2. The number of hydrogen-bond donors (Lipinski definition) is 4. The molecule has 3 rings (SSSR count). The van der Waals surface area contributed by atoms with E-state index in [2.05, 4.69) is 37.1 Å². The average molecular weight is 516 g/mol. The Morgan fingerprint density at radius 1 is 0.938 bits per heavy atom. The van der Waals surface area contributed by atoms with Gasteiger partial charge in [-0.1, -0.05) is 39.7 Å². The van der Waals surface area contributed by atoms with Gasteiger partial charge in [-0.05, 0) is 54.6 Å². The van der Waals surface area contributed by atoms with Crippen molar-refractivity contribution in [3.63, 3.8) is 0 Å². The first-order valence-electron chi connectivity index (χ1n) is 9.12. The van der Waals surface area contributed by atoms with Crippen LogP contribution in [0.4, 0.5) is 11.4 Å². The Morgan fingerprint density at radius 2 is 1.66 bits per heavy atom. The van der Waals surface area contributed by atoms with Crippen molar-refractivity contribution >= 4 is 62.8 Å². The number of anilines is 2. The van der Waals surface area contributed by atoms with E-state index in [4.69, 9.17) is 11.6 Å². The second-order valence-electron chi connectivity index (χ2n) is 6.36. The topological polar surface area (TPSA) is 120 Å². The van der Waals surface area contributed by atoms with Crippen molar-refractivity contribution in [1.82, 2.24) is 5.43 Å². The molecular weight excluding hydrogens is 500 g/mol. The van der Waals surface area contributed by atoms with Crippen LogP contribution in [0.5, 0.6) is 5.75 Å². The Hall–Kier alpha value is -3.69. The number of nitrogens with zero attached hydrogens (tertiary/aromatic N) is 1. The lowest BCUT2D eigenvalue weighted by Gasteiger charge is -2.11. The van der Waals surface area contributed by atoms with E-state index >= 15 is 0 Å². The van der Waals surface area contributed by atoms with Crippen LogP contribution in [0.15, 0.2) is 76.3 Å². The monoisotopic (exact) mass is 514 g/mol. The first kappa shape index (κ1) is 23.0. The van der Waals surface area contributed by atoms with E-state index in [1.807, 2.05) is 0 Å². The molecule has 0 aliphatic rings. The summed E-state index contributed by atoms with van der Waals surface area (Å²) in [6.07, 6.45) is 1.19. The molecule has 3 amide bonds. The number of hydrogen-bond acceptors (Lipinski definition) is 5. The number of phenols is 1. The fourth-order valence-corrected chi connectivity index (χ4v) is 3.05. The van der Waals surface area contributed by atoms with E-state index in [0.717, 1.165) is 0 Å². The molecular formula is C22H16BrClN4O4. The molecule has 0 radical (unpaired) electrons. The number of amides is 3. The van der Waals surface area contributed by atoms with Crippen molar-refractivity contribution in [3.8, 4) is 5.75 Å². The molecule has 4 N–H and O–H groups in total. The van der Waals surface area contributed by atoms with Gasteiger partial charge in [-0.25, -0.2) is 5.43 Å². The summed E-state index contributed by atoms with van der Waals surface area (Å²) in [7, 11) is 0. The minimum Gasteiger partial charge on any atom is -0.507 e. The standard InChI is InChI=1S/C22H16BrClN4O4/c23-14-5-10-19(29)13(11-14)12-25-28-22(32)21(31)27-18-4-2-1-3-17(18)20(30)26-16-8-6-15(24)7-9-16/h1-12,29H,(H,26,30)(H,27,31)(H,28,32)/b25-12+. The molecule has 0 aliphatic heterocycles. The Labute approximate surface area is 196 Å². The molecule has 0 aliphatic carbocycles. The van der Waals surface area contributed by atoms with Gasteiger partial charge in [0.25, 0.3) is 5.91 Å². The summed E-state index contributed by atoms with van der Waals surface area (Å²) in [4.78, 5) is 36.9. The van der Waals surface area contributed by atoms with Crippen LogP contribution in [0.2, 0.25) is 5.02 Å². The average Bonchev–Trinajstić information content (AvgIpc) is 2.78. The maximum atomic E-state index is 12.6. The highest BCUT2D eigenvalue weighted by Gasteiger charge is 2.18. The lowest BCUT2D eigenvalue weighted by atomic mass is 10.1. The SMILES string of the molecule is O=C(N/N=C/c1cc(Br)ccc1O)C(=O)Nc1ccccc1C(=O)Nc1ccc(Cl)cc1. The van der Waals surface area contributed by atoms with Crippen LogP contribution in [0.25, 0.3) is 0 Å². The van der Waals surface area contributed by atoms with Gasteiger partial charge in [-0.2, -0.15) is 5.10 Å². The largest absolute Gasteiger partial charge is 0.507 e. The van der Waals surface area contributed by atoms with Gasteiger partial charge in [-0.15, -0.1) is 0 Å². The highest BCUT2D eigenvalue weighted by Crippen LogP contribution is 2.20. The number of benzene rings is 3. The van der Waals surface area contributed by atoms with Gasteiger partial charge >= 0.3 is 11.8 Å². The third-order valence-corrected chi connectivity index (χ3v) is 4.83. The van der Waals surface area contributed by atoms with Crippen LogP contribution in [0.3, 0.4) is 0 Å². The molecule has 3 aromatic rings. The predicted octanol–water partition coefficient (Wildman–Crippen LogP) is 4.15. The summed E-state index contributed by atoms with van der Waals surface area (Å²) >= 11 is 9.10. The van der Waals surface area contributed by atoms with Crippen molar-refractivity contribution in [2.45, 2.75) is 0 Å². The summed E-state index contributed by atoms with van der Waals surface area (Å²) in [6, 6.07) is 17.4. The van der Waals surface area contributed by atoms with Gasteiger partial charge in [0.1, 0.15) is 5.75 Å². The van der Waals surface area contributed by atoms with Crippen LogP contribution in [-0.2, 0) is 9.59 Å². The Morgan fingerprint density at radius 3 is 2.41 bits per heavy atom. The van der Waals surface area contributed by atoms with Crippen molar-refractivity contribution in [1.29, 1.82) is 0 Å². The van der Waals surface area contributed by atoms with Gasteiger partial charge < -0.3 is 15.7 Å². The third kappa shape index (κ3) is 6.16. The lowest BCUT2D eigenvalue weighted by Crippen LogP contribution is -2.33. The minimum atomic E-state index is -1.05. The summed E-state index contributed by atoms with van der Waals surface area (Å²) in [5.74, 6) is -2.60. The van der Waals surface area contributed by atoms with Gasteiger partial charge in [-0.3, -0.25) is 14.4 Å². The van der Waals surface area contributed by atoms with Crippen LogP contribution < -0.4 is 16.1 Å². The second kappa shape index (κ2) is 10.6. The molecule has 8 nitrogen and oxygen atoms in total. The maximum absolute atomic E-state index is 12.6. The highest BCUT2D eigenvalue weighted by atomic mass is 79.9.